The fourth-order valence-corrected chi connectivity index (χ4v) is 4.56. The average molecular weight is 307 g/mol. The van der Waals surface area contributed by atoms with Gasteiger partial charge >= 0.3 is 5.97 Å². The van der Waals surface area contributed by atoms with Crippen molar-refractivity contribution in [3.63, 3.8) is 0 Å². The summed E-state index contributed by atoms with van der Waals surface area (Å²) in [7, 11) is 1.36. The quantitative estimate of drug-likeness (QED) is 0.787. The Kier molecular flexibility index (Phi) is 4.29. The topological polar surface area (TPSA) is 46.6 Å². The van der Waals surface area contributed by atoms with Crippen molar-refractivity contribution in [2.75, 3.05) is 13.7 Å². The summed E-state index contributed by atoms with van der Waals surface area (Å²) >= 11 is 1.24. The molecule has 1 aromatic heterocycles. The lowest BCUT2D eigenvalue weighted by Gasteiger charge is -2.44. The number of amides is 1. The molecule has 2 aliphatic rings. The molecule has 1 aromatic rings. The number of ether oxygens (including phenoxy) is 1. The zero-order valence-corrected chi connectivity index (χ0v) is 13.2. The number of methoxy groups -OCH3 is 1. The maximum absolute atomic E-state index is 12.8. The number of hydrogen-bond donors (Lipinski definition) is 0. The first-order chi connectivity index (χ1) is 10.2. The molecule has 0 radical (unpaired) electrons. The minimum Gasteiger partial charge on any atom is -0.465 e. The summed E-state index contributed by atoms with van der Waals surface area (Å²) in [6, 6.07) is 3.85. The zero-order valence-electron chi connectivity index (χ0n) is 12.3. The van der Waals surface area contributed by atoms with Gasteiger partial charge in [0.15, 0.2) is 0 Å². The molecule has 0 unspecified atom stereocenters. The van der Waals surface area contributed by atoms with Gasteiger partial charge in [-0.25, -0.2) is 4.79 Å². The third kappa shape index (κ3) is 2.84. The fraction of sp³-hybridized carbons (Fsp3) is 0.625. The summed E-state index contributed by atoms with van der Waals surface area (Å²) in [6.07, 6.45) is 7.27. The van der Waals surface area contributed by atoms with Crippen LogP contribution in [0.2, 0.25) is 0 Å². The number of likely N-dealkylation sites (tertiary alicyclic amines) is 1. The van der Waals surface area contributed by atoms with Gasteiger partial charge in [0.25, 0.3) is 5.91 Å². The van der Waals surface area contributed by atoms with Gasteiger partial charge < -0.3 is 9.64 Å². The molecule has 114 valence electrons. The number of carbonyl (C=O) groups excluding carboxylic acids is 2. The van der Waals surface area contributed by atoms with Crippen molar-refractivity contribution in [3.05, 3.63) is 21.9 Å². The Morgan fingerprint density at radius 2 is 1.86 bits per heavy atom. The smallest absolute Gasteiger partial charge is 0.348 e. The van der Waals surface area contributed by atoms with Gasteiger partial charge in [-0.2, -0.15) is 0 Å². The Morgan fingerprint density at radius 3 is 2.67 bits per heavy atom. The van der Waals surface area contributed by atoms with E-state index in [1.807, 2.05) is 0 Å². The monoisotopic (exact) mass is 307 g/mol. The number of rotatable bonds is 2. The number of fused-ring (bicyclic) bond motifs is 1. The number of hydrogen-bond acceptors (Lipinski definition) is 4. The Bertz CT molecular complexity index is 537. The second-order valence-electron chi connectivity index (χ2n) is 5.91. The van der Waals surface area contributed by atoms with Crippen molar-refractivity contribution in [2.45, 2.75) is 44.6 Å². The molecule has 2 heterocycles. The molecule has 1 aliphatic carbocycles. The van der Waals surface area contributed by atoms with Crippen LogP contribution in [0, 0.1) is 5.92 Å². The first-order valence-corrected chi connectivity index (χ1v) is 8.51. The second-order valence-corrected chi connectivity index (χ2v) is 6.99. The largest absolute Gasteiger partial charge is 0.465 e. The molecule has 4 nitrogen and oxygen atoms in total. The Balaban J connectivity index is 1.77. The predicted octanol–water partition coefficient (Wildman–Crippen LogP) is 3.33. The van der Waals surface area contributed by atoms with Crippen LogP contribution in [0.3, 0.4) is 0 Å². The number of thiophene rings is 1. The van der Waals surface area contributed by atoms with E-state index in [1.165, 1.54) is 44.1 Å². The van der Waals surface area contributed by atoms with Crippen LogP contribution in [0.25, 0.3) is 0 Å². The maximum atomic E-state index is 12.8. The van der Waals surface area contributed by atoms with E-state index in [0.717, 1.165) is 19.4 Å². The van der Waals surface area contributed by atoms with E-state index < -0.39 is 0 Å². The number of esters is 1. The molecule has 2 atom stereocenters. The van der Waals surface area contributed by atoms with Gasteiger partial charge in [-0.05, 0) is 43.7 Å². The van der Waals surface area contributed by atoms with Gasteiger partial charge in [0.1, 0.15) is 4.88 Å². The van der Waals surface area contributed by atoms with Crippen LogP contribution >= 0.6 is 11.3 Å². The second kappa shape index (κ2) is 6.18. The number of carbonyl (C=O) groups is 2. The SMILES string of the molecule is COC(=O)c1ccc(C(=O)N2CCC[C@@H]3CCCC[C@@H]32)s1. The van der Waals surface area contributed by atoms with E-state index >= 15 is 0 Å². The van der Waals surface area contributed by atoms with Crippen LogP contribution in [0.15, 0.2) is 12.1 Å². The molecule has 1 saturated carbocycles. The lowest BCUT2D eigenvalue weighted by Crippen LogP contribution is -2.49. The summed E-state index contributed by atoms with van der Waals surface area (Å²) < 4.78 is 4.71. The van der Waals surface area contributed by atoms with Gasteiger partial charge in [0, 0.05) is 12.6 Å². The van der Waals surface area contributed by atoms with E-state index in [1.54, 1.807) is 12.1 Å². The summed E-state index contributed by atoms with van der Waals surface area (Å²) in [5, 5.41) is 0. The molecular formula is C16H21NO3S. The molecule has 5 heteroatoms. The van der Waals surface area contributed by atoms with Crippen molar-refractivity contribution >= 4 is 23.2 Å². The van der Waals surface area contributed by atoms with E-state index in [0.29, 0.717) is 21.7 Å². The van der Waals surface area contributed by atoms with Crippen molar-refractivity contribution in [1.29, 1.82) is 0 Å². The molecule has 1 saturated heterocycles. The molecule has 2 fully saturated rings. The number of piperidine rings is 1. The van der Waals surface area contributed by atoms with Gasteiger partial charge in [0.05, 0.1) is 12.0 Å². The van der Waals surface area contributed by atoms with Crippen LogP contribution in [-0.2, 0) is 4.74 Å². The van der Waals surface area contributed by atoms with Crippen LogP contribution < -0.4 is 0 Å². The fourth-order valence-electron chi connectivity index (χ4n) is 3.68. The Labute approximate surface area is 129 Å². The van der Waals surface area contributed by atoms with Gasteiger partial charge in [-0.1, -0.05) is 12.8 Å². The van der Waals surface area contributed by atoms with Crippen LogP contribution in [0.1, 0.15) is 57.9 Å². The highest BCUT2D eigenvalue weighted by atomic mass is 32.1. The van der Waals surface area contributed by atoms with Crippen molar-refractivity contribution < 1.29 is 14.3 Å². The third-order valence-corrected chi connectivity index (χ3v) is 5.76. The molecule has 0 N–H and O–H groups in total. The normalized spacial score (nSPS) is 25.3. The molecule has 1 aliphatic heterocycles. The Hall–Kier alpha value is -1.36. The summed E-state index contributed by atoms with van der Waals surface area (Å²) in [4.78, 5) is 27.5. The van der Waals surface area contributed by atoms with Crippen molar-refractivity contribution in [2.24, 2.45) is 5.92 Å². The van der Waals surface area contributed by atoms with E-state index in [2.05, 4.69) is 4.90 Å². The van der Waals surface area contributed by atoms with Crippen molar-refractivity contribution in [1.82, 2.24) is 4.90 Å². The number of nitrogens with zero attached hydrogens (tertiary/aromatic N) is 1. The lowest BCUT2D eigenvalue weighted by atomic mass is 9.78. The summed E-state index contributed by atoms with van der Waals surface area (Å²) in [5.74, 6) is 0.400. The van der Waals surface area contributed by atoms with E-state index in [9.17, 15) is 9.59 Å². The van der Waals surface area contributed by atoms with Gasteiger partial charge in [0.2, 0.25) is 0 Å². The van der Waals surface area contributed by atoms with E-state index in [4.69, 9.17) is 4.74 Å². The van der Waals surface area contributed by atoms with E-state index in [-0.39, 0.29) is 11.9 Å². The highest BCUT2D eigenvalue weighted by Crippen LogP contribution is 2.36. The molecule has 21 heavy (non-hydrogen) atoms. The first-order valence-electron chi connectivity index (χ1n) is 7.70. The summed E-state index contributed by atoms with van der Waals surface area (Å²) in [5.41, 5.74) is 0. The maximum Gasteiger partial charge on any atom is 0.348 e. The van der Waals surface area contributed by atoms with Gasteiger partial charge in [-0.3, -0.25) is 4.79 Å². The van der Waals surface area contributed by atoms with Gasteiger partial charge in [-0.15, -0.1) is 11.3 Å². The molecule has 0 spiro atoms. The minimum atomic E-state index is -0.367. The molecular weight excluding hydrogens is 286 g/mol. The first kappa shape index (κ1) is 14.6. The standard InChI is InChI=1S/C16H21NO3S/c1-20-16(19)14-9-8-13(21-14)15(18)17-10-4-6-11-5-2-3-7-12(11)17/h8-9,11-12H,2-7,10H2,1H3/t11-,12-/m0/s1. The highest BCUT2D eigenvalue weighted by Gasteiger charge is 2.36. The average Bonchev–Trinajstić information content (AvgIpc) is 3.03. The summed E-state index contributed by atoms with van der Waals surface area (Å²) in [6.45, 7) is 0.853. The zero-order chi connectivity index (χ0) is 14.8. The lowest BCUT2D eigenvalue weighted by molar-refractivity contribution is 0.0395. The van der Waals surface area contributed by atoms with Crippen molar-refractivity contribution in [3.8, 4) is 0 Å². The third-order valence-electron chi connectivity index (χ3n) is 4.71. The Morgan fingerprint density at radius 1 is 1.14 bits per heavy atom. The highest BCUT2D eigenvalue weighted by molar-refractivity contribution is 7.15. The van der Waals surface area contributed by atoms with Crippen LogP contribution in [0.4, 0.5) is 0 Å². The molecule has 3 rings (SSSR count). The minimum absolute atomic E-state index is 0.0896. The molecule has 0 aromatic carbocycles. The molecule has 0 bridgehead atoms. The van der Waals surface area contributed by atoms with Crippen LogP contribution in [0.5, 0.6) is 0 Å². The predicted molar refractivity (Wildman–Crippen MR) is 81.7 cm³/mol. The van der Waals surface area contributed by atoms with Crippen LogP contribution in [-0.4, -0.2) is 36.5 Å². The molecule has 1 amide bonds.